The molecule has 1 aromatic rings. The fourth-order valence-corrected chi connectivity index (χ4v) is 2.22. The van der Waals surface area contributed by atoms with Crippen molar-refractivity contribution >= 4 is 5.91 Å². The Hall–Kier alpha value is -1.64. The summed E-state index contributed by atoms with van der Waals surface area (Å²) < 4.78 is 42.7. The molecule has 2 heterocycles. The number of likely N-dealkylation sites (N-methyl/N-ethyl adjacent to an activating group) is 1. The first-order chi connectivity index (χ1) is 9.78. The summed E-state index contributed by atoms with van der Waals surface area (Å²) in [6.07, 6.45) is -3.75. The summed E-state index contributed by atoms with van der Waals surface area (Å²) in [4.78, 5) is 13.3. The first kappa shape index (κ1) is 15.7. The minimum absolute atomic E-state index is 0.200. The quantitative estimate of drug-likeness (QED) is 0.819. The lowest BCUT2D eigenvalue weighted by molar-refractivity contribution is -0.188. The maximum absolute atomic E-state index is 12.1. The van der Waals surface area contributed by atoms with E-state index in [0.717, 1.165) is 25.2 Å². The number of aromatic nitrogens is 3. The maximum Gasteiger partial charge on any atom is 0.411 e. The number of carbonyl (C=O) groups is 1. The van der Waals surface area contributed by atoms with Crippen LogP contribution in [0.25, 0.3) is 0 Å². The van der Waals surface area contributed by atoms with Gasteiger partial charge in [-0.15, -0.1) is 10.2 Å². The second kappa shape index (κ2) is 6.00. The number of hydrogen-bond donors (Lipinski definition) is 0. The van der Waals surface area contributed by atoms with E-state index >= 15 is 0 Å². The van der Waals surface area contributed by atoms with Crippen LogP contribution in [0, 0.1) is 0 Å². The molecule has 9 heteroatoms. The molecule has 1 aliphatic rings. The molecule has 0 fully saturated rings. The number of hydrogen-bond acceptors (Lipinski definition) is 4. The minimum atomic E-state index is -4.44. The zero-order chi connectivity index (χ0) is 15.6. The largest absolute Gasteiger partial charge is 0.411 e. The molecule has 0 radical (unpaired) electrons. The maximum atomic E-state index is 12.1. The van der Waals surface area contributed by atoms with Crippen molar-refractivity contribution in [3.63, 3.8) is 0 Å². The van der Waals surface area contributed by atoms with Crippen LogP contribution in [0.15, 0.2) is 0 Å². The molecule has 1 unspecified atom stereocenters. The Kier molecular flexibility index (Phi) is 4.50. The van der Waals surface area contributed by atoms with Gasteiger partial charge < -0.3 is 14.2 Å². The summed E-state index contributed by atoms with van der Waals surface area (Å²) in [6, 6.07) is 0. The van der Waals surface area contributed by atoms with Gasteiger partial charge in [-0.25, -0.2) is 0 Å². The lowest BCUT2D eigenvalue weighted by Crippen LogP contribution is -2.38. The molecule has 118 valence electrons. The van der Waals surface area contributed by atoms with Crippen LogP contribution in [0.4, 0.5) is 13.2 Å². The van der Waals surface area contributed by atoms with Crippen molar-refractivity contribution in [3.05, 3.63) is 11.6 Å². The highest BCUT2D eigenvalue weighted by Crippen LogP contribution is 2.17. The summed E-state index contributed by atoms with van der Waals surface area (Å²) >= 11 is 0. The Morgan fingerprint density at radius 3 is 2.86 bits per heavy atom. The topological polar surface area (TPSA) is 60.2 Å². The van der Waals surface area contributed by atoms with E-state index in [-0.39, 0.29) is 6.54 Å². The normalized spacial score (nSPS) is 15.9. The van der Waals surface area contributed by atoms with Gasteiger partial charge in [0, 0.05) is 20.0 Å². The number of fused-ring (bicyclic) bond motifs is 1. The van der Waals surface area contributed by atoms with Crippen LogP contribution in [0.1, 0.15) is 25.0 Å². The van der Waals surface area contributed by atoms with E-state index in [1.54, 1.807) is 0 Å². The zero-order valence-corrected chi connectivity index (χ0v) is 11.9. The number of amides is 1. The fourth-order valence-electron chi connectivity index (χ4n) is 2.22. The van der Waals surface area contributed by atoms with Gasteiger partial charge in [-0.2, -0.15) is 13.2 Å². The smallest absolute Gasteiger partial charge is 0.359 e. The molecule has 1 aliphatic heterocycles. The third kappa shape index (κ3) is 3.93. The van der Waals surface area contributed by atoms with Crippen LogP contribution < -0.4 is 0 Å². The molecule has 1 atom stereocenters. The summed E-state index contributed by atoms with van der Waals surface area (Å²) in [5.74, 6) is 1.00. The number of nitrogens with zero attached hydrogens (tertiary/aromatic N) is 4. The van der Waals surface area contributed by atoms with Crippen LogP contribution >= 0.6 is 0 Å². The number of alkyl halides is 3. The highest BCUT2D eigenvalue weighted by atomic mass is 19.4. The van der Waals surface area contributed by atoms with Gasteiger partial charge in [0.1, 0.15) is 18.5 Å². The van der Waals surface area contributed by atoms with E-state index in [1.165, 1.54) is 18.9 Å². The van der Waals surface area contributed by atoms with Gasteiger partial charge >= 0.3 is 6.18 Å². The van der Waals surface area contributed by atoms with E-state index in [2.05, 4.69) is 14.9 Å². The highest BCUT2D eigenvalue weighted by molar-refractivity contribution is 5.80. The van der Waals surface area contributed by atoms with Gasteiger partial charge in [-0.1, -0.05) is 0 Å². The molecule has 1 aromatic heterocycles. The van der Waals surface area contributed by atoms with E-state index < -0.39 is 24.8 Å². The van der Waals surface area contributed by atoms with Gasteiger partial charge in [0.2, 0.25) is 0 Å². The van der Waals surface area contributed by atoms with Crippen molar-refractivity contribution in [2.75, 3.05) is 13.7 Å². The summed E-state index contributed by atoms with van der Waals surface area (Å²) in [6.45, 7) is 0.873. The number of rotatable bonds is 5. The Balaban J connectivity index is 1.90. The monoisotopic (exact) mass is 306 g/mol. The lowest BCUT2D eigenvalue weighted by Gasteiger charge is -2.21. The predicted molar refractivity (Wildman–Crippen MR) is 66.3 cm³/mol. The SMILES string of the molecule is CC(OCC(F)(F)F)C(=O)N(C)Cc1nnc2n1CCC2. The molecule has 0 aromatic carbocycles. The van der Waals surface area contributed by atoms with Gasteiger partial charge in [-0.3, -0.25) is 4.79 Å². The first-order valence-electron chi connectivity index (χ1n) is 6.62. The van der Waals surface area contributed by atoms with E-state index in [0.29, 0.717) is 5.82 Å². The fraction of sp³-hybridized carbons (Fsp3) is 0.750. The summed E-state index contributed by atoms with van der Waals surface area (Å²) in [7, 11) is 1.51. The van der Waals surface area contributed by atoms with Crippen molar-refractivity contribution in [3.8, 4) is 0 Å². The Bertz CT molecular complexity index is 515. The number of aryl methyl sites for hydroxylation is 1. The third-order valence-electron chi connectivity index (χ3n) is 3.29. The molecule has 2 rings (SSSR count). The van der Waals surface area contributed by atoms with Crippen LogP contribution in [0.2, 0.25) is 0 Å². The van der Waals surface area contributed by atoms with Crippen LogP contribution in [0.3, 0.4) is 0 Å². The lowest BCUT2D eigenvalue weighted by atomic mass is 10.3. The van der Waals surface area contributed by atoms with E-state index in [9.17, 15) is 18.0 Å². The molecule has 6 nitrogen and oxygen atoms in total. The first-order valence-corrected chi connectivity index (χ1v) is 6.62. The Morgan fingerprint density at radius 2 is 2.19 bits per heavy atom. The molecular formula is C12H17F3N4O2. The standard InChI is InChI=1S/C12H17F3N4O2/c1-8(21-7-12(13,14)15)11(20)18(2)6-10-17-16-9-4-3-5-19(9)10/h8H,3-7H2,1-2H3. The van der Waals surface area contributed by atoms with Crippen LogP contribution in [-0.2, 0) is 29.0 Å². The molecule has 0 saturated heterocycles. The average molecular weight is 306 g/mol. The second-order valence-corrected chi connectivity index (χ2v) is 5.05. The van der Waals surface area contributed by atoms with E-state index in [1.807, 2.05) is 4.57 Å². The van der Waals surface area contributed by atoms with Gasteiger partial charge in [0.25, 0.3) is 5.91 Å². The zero-order valence-electron chi connectivity index (χ0n) is 11.9. The summed E-state index contributed by atoms with van der Waals surface area (Å²) in [5, 5.41) is 8.02. The van der Waals surface area contributed by atoms with Gasteiger partial charge in [0.15, 0.2) is 5.82 Å². The van der Waals surface area contributed by atoms with Crippen molar-refractivity contribution in [1.29, 1.82) is 0 Å². The molecule has 0 spiro atoms. The van der Waals surface area contributed by atoms with Crippen LogP contribution in [-0.4, -0.2) is 51.5 Å². The Labute approximate surface area is 119 Å². The number of ether oxygens (including phenoxy) is 1. The molecule has 0 N–H and O–H groups in total. The van der Waals surface area contributed by atoms with Crippen molar-refractivity contribution in [2.24, 2.45) is 0 Å². The highest BCUT2D eigenvalue weighted by Gasteiger charge is 2.31. The Morgan fingerprint density at radius 1 is 1.48 bits per heavy atom. The number of carbonyl (C=O) groups excluding carboxylic acids is 1. The average Bonchev–Trinajstić information content (AvgIpc) is 2.99. The van der Waals surface area contributed by atoms with Crippen molar-refractivity contribution < 1.29 is 22.7 Å². The van der Waals surface area contributed by atoms with Crippen molar-refractivity contribution in [2.45, 2.75) is 45.1 Å². The van der Waals surface area contributed by atoms with Gasteiger partial charge in [0.05, 0.1) is 6.54 Å². The van der Waals surface area contributed by atoms with E-state index in [4.69, 9.17) is 0 Å². The molecule has 0 saturated carbocycles. The number of halogens is 3. The minimum Gasteiger partial charge on any atom is -0.359 e. The molecule has 0 bridgehead atoms. The predicted octanol–water partition coefficient (Wildman–Crippen LogP) is 1.15. The van der Waals surface area contributed by atoms with Crippen LogP contribution in [0.5, 0.6) is 0 Å². The molecular weight excluding hydrogens is 289 g/mol. The molecule has 0 aliphatic carbocycles. The molecule has 1 amide bonds. The molecule has 21 heavy (non-hydrogen) atoms. The second-order valence-electron chi connectivity index (χ2n) is 5.05. The van der Waals surface area contributed by atoms with Crippen molar-refractivity contribution in [1.82, 2.24) is 19.7 Å². The van der Waals surface area contributed by atoms with Gasteiger partial charge in [-0.05, 0) is 13.3 Å². The summed E-state index contributed by atoms with van der Waals surface area (Å²) in [5.41, 5.74) is 0. The third-order valence-corrected chi connectivity index (χ3v) is 3.29.